The van der Waals surface area contributed by atoms with Crippen LogP contribution in [-0.4, -0.2) is 15.6 Å². The molecule has 0 saturated heterocycles. The summed E-state index contributed by atoms with van der Waals surface area (Å²) in [5.74, 6) is 4.40. The van der Waals surface area contributed by atoms with Crippen LogP contribution in [0.15, 0.2) is 60.9 Å². The predicted octanol–water partition coefficient (Wildman–Crippen LogP) is 4.37. The molecule has 3 nitrogen and oxygen atoms in total. The third kappa shape index (κ3) is 3.32. The van der Waals surface area contributed by atoms with Gasteiger partial charge in [0.25, 0.3) is 0 Å². The predicted molar refractivity (Wildman–Crippen MR) is 90.1 cm³/mol. The largest absolute Gasteiger partial charge is 0.478 e. The van der Waals surface area contributed by atoms with Gasteiger partial charge in [0, 0.05) is 23.0 Å². The second kappa shape index (κ2) is 6.61. The van der Waals surface area contributed by atoms with E-state index in [4.69, 9.17) is 11.6 Å². The molecule has 0 saturated carbocycles. The molecular weight excluding hydrogens is 329 g/mol. The van der Waals surface area contributed by atoms with E-state index >= 15 is 0 Å². The Bertz CT molecular complexity index is 952. The van der Waals surface area contributed by atoms with Gasteiger partial charge in [-0.3, -0.25) is 0 Å². The molecule has 0 fully saturated rings. The van der Waals surface area contributed by atoms with Crippen molar-refractivity contribution in [2.24, 2.45) is 0 Å². The number of rotatable bonds is 2. The highest BCUT2D eigenvalue weighted by Crippen LogP contribution is 2.25. The van der Waals surface area contributed by atoms with E-state index in [1.54, 1.807) is 47.3 Å². The lowest BCUT2D eigenvalue weighted by Crippen LogP contribution is -2.06. The van der Waals surface area contributed by atoms with E-state index in [0.717, 1.165) is 0 Å². The summed E-state index contributed by atoms with van der Waals surface area (Å²) in [6.07, 6.45) is 3.47. The van der Waals surface area contributed by atoms with Crippen LogP contribution in [0, 0.1) is 17.7 Å². The van der Waals surface area contributed by atoms with E-state index in [1.165, 1.54) is 18.2 Å². The van der Waals surface area contributed by atoms with Crippen LogP contribution in [0.5, 0.6) is 0 Å². The van der Waals surface area contributed by atoms with Crippen molar-refractivity contribution in [2.45, 2.75) is 0 Å². The Morgan fingerprint density at radius 1 is 1.08 bits per heavy atom. The van der Waals surface area contributed by atoms with Crippen molar-refractivity contribution >= 4 is 17.6 Å². The summed E-state index contributed by atoms with van der Waals surface area (Å²) in [4.78, 5) is 11.6. The molecule has 0 aliphatic rings. The summed E-state index contributed by atoms with van der Waals surface area (Å²) >= 11 is 6.04. The number of carbonyl (C=O) groups is 1. The Labute approximate surface area is 142 Å². The number of carboxylic acid groups (broad SMARTS) is 1. The number of benzene rings is 2. The number of halogens is 2. The Balaban J connectivity index is 2.17. The fraction of sp³-hybridized carbons (Fsp3) is 0. The van der Waals surface area contributed by atoms with Crippen LogP contribution < -0.4 is 0 Å². The van der Waals surface area contributed by atoms with E-state index in [0.29, 0.717) is 16.8 Å². The van der Waals surface area contributed by atoms with Gasteiger partial charge >= 0.3 is 5.97 Å². The van der Waals surface area contributed by atoms with Crippen molar-refractivity contribution in [2.75, 3.05) is 0 Å². The van der Waals surface area contributed by atoms with Crippen LogP contribution in [0.25, 0.3) is 5.69 Å². The van der Waals surface area contributed by atoms with Crippen LogP contribution in [-0.2, 0) is 0 Å². The van der Waals surface area contributed by atoms with Gasteiger partial charge in [0.2, 0.25) is 0 Å². The molecule has 0 aliphatic carbocycles. The number of nitrogens with zero attached hydrogens (tertiary/aromatic N) is 1. The number of aromatic carboxylic acids is 1. The van der Waals surface area contributed by atoms with E-state index < -0.39 is 5.97 Å². The van der Waals surface area contributed by atoms with Gasteiger partial charge < -0.3 is 9.67 Å². The molecule has 0 aliphatic heterocycles. The molecule has 0 unspecified atom stereocenters. The van der Waals surface area contributed by atoms with Crippen LogP contribution in [0.1, 0.15) is 21.5 Å². The van der Waals surface area contributed by atoms with Crippen molar-refractivity contribution < 1.29 is 14.3 Å². The molecule has 3 rings (SSSR count). The Morgan fingerprint density at radius 3 is 2.38 bits per heavy atom. The van der Waals surface area contributed by atoms with Gasteiger partial charge in [-0.2, -0.15) is 0 Å². The van der Waals surface area contributed by atoms with Crippen molar-refractivity contribution in [1.29, 1.82) is 0 Å². The normalized spacial score (nSPS) is 10.1. The lowest BCUT2D eigenvalue weighted by molar-refractivity contribution is 0.0697. The summed E-state index contributed by atoms with van der Waals surface area (Å²) < 4.78 is 14.6. The van der Waals surface area contributed by atoms with E-state index in [9.17, 15) is 14.3 Å². The zero-order chi connectivity index (χ0) is 17.1. The van der Waals surface area contributed by atoms with Crippen LogP contribution in [0.4, 0.5) is 4.39 Å². The fourth-order valence-corrected chi connectivity index (χ4v) is 2.51. The van der Waals surface area contributed by atoms with Crippen LogP contribution in [0.3, 0.4) is 0 Å². The molecule has 0 atom stereocenters. The van der Waals surface area contributed by atoms with Crippen molar-refractivity contribution in [3.8, 4) is 17.5 Å². The first-order chi connectivity index (χ1) is 11.5. The lowest BCUT2D eigenvalue weighted by Gasteiger charge is -2.11. The second-order valence-corrected chi connectivity index (χ2v) is 5.44. The van der Waals surface area contributed by atoms with Crippen LogP contribution in [0.2, 0.25) is 5.02 Å². The minimum Gasteiger partial charge on any atom is -0.478 e. The summed E-state index contributed by atoms with van der Waals surface area (Å²) in [6, 6.07) is 12.3. The maximum atomic E-state index is 13.0. The zero-order valence-electron chi connectivity index (χ0n) is 12.3. The second-order valence-electron chi connectivity index (χ2n) is 5.00. The Kier molecular flexibility index (Phi) is 4.37. The summed E-state index contributed by atoms with van der Waals surface area (Å²) in [5.41, 5.74) is 1.58. The van der Waals surface area contributed by atoms with Crippen molar-refractivity contribution in [1.82, 2.24) is 4.57 Å². The van der Waals surface area contributed by atoms with Crippen LogP contribution >= 0.6 is 11.6 Å². The molecule has 0 radical (unpaired) electrons. The number of hydrogen-bond acceptors (Lipinski definition) is 1. The molecule has 5 heteroatoms. The Morgan fingerprint density at radius 2 is 1.75 bits per heavy atom. The maximum Gasteiger partial charge on any atom is 0.337 e. The summed E-state index contributed by atoms with van der Waals surface area (Å²) in [5, 5.41) is 9.75. The average molecular weight is 340 g/mol. The fourth-order valence-electron chi connectivity index (χ4n) is 2.29. The van der Waals surface area contributed by atoms with E-state index in [-0.39, 0.29) is 16.4 Å². The highest BCUT2D eigenvalue weighted by Gasteiger charge is 2.16. The summed E-state index contributed by atoms with van der Waals surface area (Å²) in [6.45, 7) is 0. The lowest BCUT2D eigenvalue weighted by atomic mass is 10.1. The average Bonchev–Trinajstić information content (AvgIpc) is 3.07. The first kappa shape index (κ1) is 15.9. The smallest absolute Gasteiger partial charge is 0.337 e. The molecule has 0 bridgehead atoms. The summed E-state index contributed by atoms with van der Waals surface area (Å²) in [7, 11) is 0. The topological polar surface area (TPSA) is 42.2 Å². The molecule has 0 amide bonds. The molecule has 118 valence electrons. The molecule has 3 aromatic rings. The molecular formula is C19H11ClFNO2. The quantitative estimate of drug-likeness (QED) is 0.704. The van der Waals surface area contributed by atoms with Gasteiger partial charge in [-0.05, 0) is 48.5 Å². The molecule has 1 N–H and O–H groups in total. The third-order valence-corrected chi connectivity index (χ3v) is 3.57. The molecule has 0 spiro atoms. The van der Waals surface area contributed by atoms with Gasteiger partial charge in [0.05, 0.1) is 16.8 Å². The first-order valence-corrected chi connectivity index (χ1v) is 7.40. The number of hydrogen-bond donors (Lipinski definition) is 1. The SMILES string of the molecule is O=C(O)c1cc(Cl)cc(C#Cc2ccc(F)cc2)c1-n1cccc1. The van der Waals surface area contributed by atoms with Gasteiger partial charge in [-0.25, -0.2) is 9.18 Å². The van der Waals surface area contributed by atoms with E-state index in [1.807, 2.05) is 0 Å². The highest BCUT2D eigenvalue weighted by molar-refractivity contribution is 6.31. The minimum absolute atomic E-state index is 0.0575. The molecule has 1 aromatic heterocycles. The van der Waals surface area contributed by atoms with Crippen molar-refractivity contribution in [3.05, 3.63) is 88.5 Å². The van der Waals surface area contributed by atoms with E-state index in [2.05, 4.69) is 11.8 Å². The van der Waals surface area contributed by atoms with Gasteiger partial charge in [0.1, 0.15) is 5.82 Å². The Hall–Kier alpha value is -3.03. The molecule has 1 heterocycles. The monoisotopic (exact) mass is 339 g/mol. The molecule has 2 aromatic carbocycles. The van der Waals surface area contributed by atoms with Gasteiger partial charge in [-0.15, -0.1) is 0 Å². The number of aromatic nitrogens is 1. The first-order valence-electron chi connectivity index (χ1n) is 7.02. The standard InChI is InChI=1S/C19H11ClFNO2/c20-15-11-14(6-3-13-4-7-16(21)8-5-13)18(17(12-15)19(23)24)22-9-1-2-10-22/h1-2,4-5,7-12H,(H,23,24). The maximum absolute atomic E-state index is 13.0. The minimum atomic E-state index is -1.09. The molecule has 24 heavy (non-hydrogen) atoms. The van der Waals surface area contributed by atoms with Gasteiger partial charge in [-0.1, -0.05) is 23.4 Å². The zero-order valence-corrected chi connectivity index (χ0v) is 13.1. The third-order valence-electron chi connectivity index (χ3n) is 3.35. The van der Waals surface area contributed by atoms with Crippen molar-refractivity contribution in [3.63, 3.8) is 0 Å². The number of carboxylic acids is 1. The van der Waals surface area contributed by atoms with Gasteiger partial charge in [0.15, 0.2) is 0 Å². The highest BCUT2D eigenvalue weighted by atomic mass is 35.5.